The fourth-order valence-corrected chi connectivity index (χ4v) is 3.81. The summed E-state index contributed by atoms with van der Waals surface area (Å²) < 4.78 is 58.8. The second-order valence-corrected chi connectivity index (χ2v) is 7.47. The van der Waals surface area contributed by atoms with Gasteiger partial charge in [0, 0.05) is 24.8 Å². The quantitative estimate of drug-likeness (QED) is 0.593. The van der Waals surface area contributed by atoms with Crippen LogP contribution >= 0.6 is 0 Å². The Labute approximate surface area is 167 Å². The van der Waals surface area contributed by atoms with Crippen LogP contribution in [-0.2, 0) is 33.2 Å². The van der Waals surface area contributed by atoms with Gasteiger partial charge in [0.1, 0.15) is 28.9 Å². The van der Waals surface area contributed by atoms with Crippen molar-refractivity contribution in [2.45, 2.75) is 38.1 Å². The smallest absolute Gasteiger partial charge is 0.361 e. The van der Waals surface area contributed by atoms with Gasteiger partial charge in [0.05, 0.1) is 10.5 Å². The molecule has 2 heterocycles. The SMILES string of the molecule is CCOCn1c(-c2ccccc2S(=O)C(=O)CC)nc2cc(C(F)(F)F)cnc21. The zero-order chi connectivity index (χ0) is 21.2. The molecule has 0 amide bonds. The average Bonchev–Trinajstić information content (AvgIpc) is 3.08. The van der Waals surface area contributed by atoms with Crippen LogP contribution in [0.3, 0.4) is 0 Å². The molecule has 1 unspecified atom stereocenters. The maximum absolute atomic E-state index is 13.1. The monoisotopic (exact) mass is 425 g/mol. The van der Waals surface area contributed by atoms with Gasteiger partial charge in [0.15, 0.2) is 5.65 Å². The molecule has 0 fully saturated rings. The van der Waals surface area contributed by atoms with Crippen LogP contribution < -0.4 is 0 Å². The predicted molar refractivity (Wildman–Crippen MR) is 101 cm³/mol. The lowest BCUT2D eigenvalue weighted by Crippen LogP contribution is -2.10. The maximum atomic E-state index is 13.1. The largest absolute Gasteiger partial charge is 0.417 e. The van der Waals surface area contributed by atoms with Crippen molar-refractivity contribution in [3.05, 3.63) is 42.1 Å². The van der Waals surface area contributed by atoms with Crippen LogP contribution in [0.15, 0.2) is 41.4 Å². The van der Waals surface area contributed by atoms with Gasteiger partial charge in [-0.1, -0.05) is 25.1 Å². The number of imidazole rings is 1. The van der Waals surface area contributed by atoms with Gasteiger partial charge >= 0.3 is 6.18 Å². The van der Waals surface area contributed by atoms with Gasteiger partial charge in [-0.25, -0.2) is 14.2 Å². The van der Waals surface area contributed by atoms with E-state index >= 15 is 0 Å². The second-order valence-electron chi connectivity index (χ2n) is 6.04. The number of aromatic nitrogens is 3. The number of ether oxygens (including phenoxy) is 1. The molecule has 0 spiro atoms. The van der Waals surface area contributed by atoms with E-state index in [0.717, 1.165) is 12.3 Å². The highest BCUT2D eigenvalue weighted by molar-refractivity contribution is 8.00. The summed E-state index contributed by atoms with van der Waals surface area (Å²) in [5, 5.41) is -0.456. The van der Waals surface area contributed by atoms with Gasteiger partial charge in [0.25, 0.3) is 0 Å². The molecule has 154 valence electrons. The van der Waals surface area contributed by atoms with Crippen molar-refractivity contribution in [3.8, 4) is 11.4 Å². The highest BCUT2D eigenvalue weighted by atomic mass is 32.2. The number of alkyl halides is 3. The number of benzene rings is 1. The highest BCUT2D eigenvalue weighted by Gasteiger charge is 2.32. The predicted octanol–water partition coefficient (Wildman–Crippen LogP) is 4.16. The van der Waals surface area contributed by atoms with Crippen LogP contribution in [0.4, 0.5) is 13.2 Å². The molecule has 0 bridgehead atoms. The Balaban J connectivity index is 2.24. The van der Waals surface area contributed by atoms with Crippen molar-refractivity contribution in [1.82, 2.24) is 14.5 Å². The van der Waals surface area contributed by atoms with Crippen molar-refractivity contribution in [2.75, 3.05) is 6.61 Å². The van der Waals surface area contributed by atoms with E-state index in [9.17, 15) is 22.2 Å². The van der Waals surface area contributed by atoms with Crippen molar-refractivity contribution >= 4 is 27.1 Å². The average molecular weight is 425 g/mol. The molecule has 0 radical (unpaired) electrons. The van der Waals surface area contributed by atoms with Gasteiger partial charge < -0.3 is 4.74 Å². The molecule has 0 N–H and O–H groups in total. The van der Waals surface area contributed by atoms with E-state index in [-0.39, 0.29) is 35.0 Å². The number of hydrogen-bond acceptors (Lipinski definition) is 5. The van der Waals surface area contributed by atoms with Crippen molar-refractivity contribution in [2.24, 2.45) is 0 Å². The molecule has 1 aromatic carbocycles. The second kappa shape index (κ2) is 8.42. The van der Waals surface area contributed by atoms with Gasteiger partial charge in [-0.2, -0.15) is 13.2 Å². The van der Waals surface area contributed by atoms with Gasteiger partial charge in [-0.05, 0) is 19.1 Å². The fourth-order valence-electron chi connectivity index (χ4n) is 2.74. The summed E-state index contributed by atoms with van der Waals surface area (Å²) in [4.78, 5) is 20.5. The van der Waals surface area contributed by atoms with Crippen LogP contribution in [0.25, 0.3) is 22.6 Å². The first-order chi connectivity index (χ1) is 13.8. The Morgan fingerprint density at radius 1 is 1.24 bits per heavy atom. The number of carbonyl (C=O) groups is 1. The van der Waals surface area contributed by atoms with E-state index in [4.69, 9.17) is 4.74 Å². The molecule has 0 aliphatic heterocycles. The molecule has 10 heteroatoms. The first kappa shape index (κ1) is 21.1. The summed E-state index contributed by atoms with van der Waals surface area (Å²) in [6, 6.07) is 7.37. The molecule has 0 aliphatic rings. The molecule has 2 aromatic heterocycles. The Hall–Kier alpha value is -2.59. The van der Waals surface area contributed by atoms with Crippen LogP contribution in [0.2, 0.25) is 0 Å². The number of halogens is 3. The standard InChI is InChI=1S/C19H18F3N3O3S/c1-3-16(26)29(27)15-8-6-5-7-13(15)17-24-14-9-12(19(20,21)22)10-23-18(14)25(17)11-28-4-2/h5-10H,3-4,11H2,1-2H3. The third kappa shape index (κ3) is 4.23. The van der Waals surface area contributed by atoms with Crippen molar-refractivity contribution in [3.63, 3.8) is 0 Å². The molecule has 0 aliphatic carbocycles. The number of fused-ring (bicyclic) bond motifs is 1. The zero-order valence-corrected chi connectivity index (χ0v) is 16.5. The zero-order valence-electron chi connectivity index (χ0n) is 15.7. The summed E-state index contributed by atoms with van der Waals surface area (Å²) in [7, 11) is -1.93. The number of rotatable bonds is 6. The van der Waals surface area contributed by atoms with E-state index in [1.54, 1.807) is 32.0 Å². The van der Waals surface area contributed by atoms with Crippen LogP contribution in [0, 0.1) is 0 Å². The lowest BCUT2D eigenvalue weighted by Gasteiger charge is -2.11. The lowest BCUT2D eigenvalue weighted by atomic mass is 10.2. The molecular weight excluding hydrogens is 407 g/mol. The number of hydrogen-bond donors (Lipinski definition) is 0. The summed E-state index contributed by atoms with van der Waals surface area (Å²) in [6.07, 6.45) is -3.73. The topological polar surface area (TPSA) is 74.1 Å². The molecular formula is C19H18F3N3O3S. The minimum absolute atomic E-state index is 0.0105. The van der Waals surface area contributed by atoms with Crippen LogP contribution in [0.5, 0.6) is 0 Å². The molecule has 0 saturated heterocycles. The van der Waals surface area contributed by atoms with E-state index in [0.29, 0.717) is 12.2 Å². The molecule has 6 nitrogen and oxygen atoms in total. The first-order valence-electron chi connectivity index (χ1n) is 8.83. The van der Waals surface area contributed by atoms with Gasteiger partial charge in [-0.15, -0.1) is 0 Å². The van der Waals surface area contributed by atoms with E-state index in [1.165, 1.54) is 10.6 Å². The first-order valence-corrected chi connectivity index (χ1v) is 9.98. The Morgan fingerprint density at radius 3 is 2.62 bits per heavy atom. The number of carbonyl (C=O) groups excluding carboxylic acids is 1. The normalized spacial score (nSPS) is 13.0. The van der Waals surface area contributed by atoms with Crippen molar-refractivity contribution < 1.29 is 26.9 Å². The molecule has 3 aromatic rings. The summed E-state index contributed by atoms with van der Waals surface area (Å²) in [6.45, 7) is 3.73. The lowest BCUT2D eigenvalue weighted by molar-refractivity contribution is -0.137. The third-order valence-corrected chi connectivity index (χ3v) is 5.62. The van der Waals surface area contributed by atoms with E-state index < -0.39 is 27.7 Å². The van der Waals surface area contributed by atoms with Crippen LogP contribution in [0.1, 0.15) is 25.8 Å². The van der Waals surface area contributed by atoms with Crippen molar-refractivity contribution in [1.29, 1.82) is 0 Å². The maximum Gasteiger partial charge on any atom is 0.417 e. The summed E-state index contributed by atoms with van der Waals surface area (Å²) in [5.74, 6) is 0.230. The molecule has 29 heavy (non-hydrogen) atoms. The summed E-state index contributed by atoms with van der Waals surface area (Å²) >= 11 is 0. The molecule has 1 atom stereocenters. The van der Waals surface area contributed by atoms with Gasteiger partial charge in [-0.3, -0.25) is 9.36 Å². The fraction of sp³-hybridized carbons (Fsp3) is 0.316. The van der Waals surface area contributed by atoms with Crippen LogP contribution in [-0.4, -0.2) is 30.5 Å². The molecule has 0 saturated carbocycles. The highest BCUT2D eigenvalue weighted by Crippen LogP contribution is 2.33. The van der Waals surface area contributed by atoms with E-state index in [1.807, 2.05) is 0 Å². The third-order valence-electron chi connectivity index (χ3n) is 4.16. The minimum Gasteiger partial charge on any atom is -0.361 e. The number of pyridine rings is 1. The van der Waals surface area contributed by atoms with Gasteiger partial charge in [0.2, 0.25) is 5.12 Å². The Morgan fingerprint density at radius 2 is 1.97 bits per heavy atom. The Bertz CT molecular complexity index is 1080. The Kier molecular flexibility index (Phi) is 6.13. The minimum atomic E-state index is -4.56. The number of nitrogens with zero attached hydrogens (tertiary/aromatic N) is 3. The summed E-state index contributed by atoms with van der Waals surface area (Å²) in [5.41, 5.74) is -0.324. The molecule has 3 rings (SSSR count). The van der Waals surface area contributed by atoms with E-state index in [2.05, 4.69) is 9.97 Å².